The summed E-state index contributed by atoms with van der Waals surface area (Å²) in [4.78, 5) is 0. The minimum absolute atomic E-state index is 0.531. The molecule has 18 heavy (non-hydrogen) atoms. The molecule has 106 valence electrons. The summed E-state index contributed by atoms with van der Waals surface area (Å²) in [6.45, 7) is 10.3. The largest absolute Gasteiger partial charge is 0.381 e. The van der Waals surface area contributed by atoms with E-state index in [4.69, 9.17) is 4.74 Å². The van der Waals surface area contributed by atoms with Gasteiger partial charge in [0, 0.05) is 19.3 Å². The Hall–Kier alpha value is -0.0800. The summed E-state index contributed by atoms with van der Waals surface area (Å²) < 4.78 is 5.54. The third-order valence-electron chi connectivity index (χ3n) is 5.18. The zero-order valence-corrected chi connectivity index (χ0v) is 12.5. The molecule has 0 radical (unpaired) electrons. The number of hydrogen-bond acceptors (Lipinski definition) is 2. The first kappa shape index (κ1) is 14.3. The van der Waals surface area contributed by atoms with E-state index >= 15 is 0 Å². The standard InChI is InChI=1S/C16H31NO/c1-4-10-17-15(13-7-11-18-12-8-13)14-6-5-9-16(14,2)3/h13-15,17H,4-12H2,1-3H3. The van der Waals surface area contributed by atoms with Crippen molar-refractivity contribution in [1.82, 2.24) is 5.32 Å². The van der Waals surface area contributed by atoms with Crippen molar-refractivity contribution in [2.75, 3.05) is 19.8 Å². The highest BCUT2D eigenvalue weighted by Crippen LogP contribution is 2.46. The van der Waals surface area contributed by atoms with Crippen LogP contribution < -0.4 is 5.32 Å². The summed E-state index contributed by atoms with van der Waals surface area (Å²) in [5.74, 6) is 1.71. The molecule has 1 heterocycles. The normalized spacial score (nSPS) is 30.5. The molecule has 0 aromatic carbocycles. The molecule has 0 aromatic heterocycles. The highest BCUT2D eigenvalue weighted by atomic mass is 16.5. The Bertz CT molecular complexity index is 245. The first-order valence-corrected chi connectivity index (χ1v) is 7.96. The van der Waals surface area contributed by atoms with E-state index in [2.05, 4.69) is 26.1 Å². The maximum atomic E-state index is 5.54. The third-order valence-corrected chi connectivity index (χ3v) is 5.18. The Morgan fingerprint density at radius 1 is 1.22 bits per heavy atom. The summed E-state index contributed by atoms with van der Waals surface area (Å²) in [6.07, 6.45) is 8.01. The molecule has 1 aliphatic heterocycles. The summed E-state index contributed by atoms with van der Waals surface area (Å²) in [7, 11) is 0. The average Bonchev–Trinajstić information content (AvgIpc) is 2.71. The molecule has 2 nitrogen and oxygen atoms in total. The zero-order valence-electron chi connectivity index (χ0n) is 12.5. The van der Waals surface area contributed by atoms with Crippen LogP contribution in [0.1, 0.15) is 59.3 Å². The second-order valence-electron chi connectivity index (χ2n) is 6.92. The molecule has 0 aromatic rings. The smallest absolute Gasteiger partial charge is 0.0469 e. The molecule has 2 rings (SSSR count). The molecule has 2 heteroatoms. The Morgan fingerprint density at radius 3 is 2.50 bits per heavy atom. The van der Waals surface area contributed by atoms with Crippen molar-refractivity contribution in [3.63, 3.8) is 0 Å². The van der Waals surface area contributed by atoms with Gasteiger partial charge in [0.05, 0.1) is 0 Å². The second-order valence-corrected chi connectivity index (χ2v) is 6.92. The fraction of sp³-hybridized carbons (Fsp3) is 1.00. The minimum Gasteiger partial charge on any atom is -0.381 e. The molecule has 2 atom stereocenters. The van der Waals surface area contributed by atoms with E-state index < -0.39 is 0 Å². The Kier molecular flexibility index (Phi) is 5.08. The monoisotopic (exact) mass is 253 g/mol. The fourth-order valence-corrected chi connectivity index (χ4v) is 4.04. The molecule has 2 fully saturated rings. The van der Waals surface area contributed by atoms with Crippen LogP contribution in [0.3, 0.4) is 0 Å². The van der Waals surface area contributed by atoms with Crippen LogP contribution in [0.2, 0.25) is 0 Å². The van der Waals surface area contributed by atoms with Gasteiger partial charge < -0.3 is 10.1 Å². The molecule has 1 saturated heterocycles. The van der Waals surface area contributed by atoms with Gasteiger partial charge in [-0.15, -0.1) is 0 Å². The summed E-state index contributed by atoms with van der Waals surface area (Å²) >= 11 is 0. The molecule has 2 aliphatic rings. The lowest BCUT2D eigenvalue weighted by Crippen LogP contribution is -2.47. The van der Waals surface area contributed by atoms with Crippen LogP contribution in [0.4, 0.5) is 0 Å². The van der Waals surface area contributed by atoms with Gasteiger partial charge in [0.25, 0.3) is 0 Å². The van der Waals surface area contributed by atoms with E-state index in [1.54, 1.807) is 0 Å². The van der Waals surface area contributed by atoms with Crippen molar-refractivity contribution in [3.8, 4) is 0 Å². The van der Waals surface area contributed by atoms with Gasteiger partial charge in [0.15, 0.2) is 0 Å². The van der Waals surface area contributed by atoms with Crippen LogP contribution >= 0.6 is 0 Å². The van der Waals surface area contributed by atoms with E-state index in [0.29, 0.717) is 5.41 Å². The quantitative estimate of drug-likeness (QED) is 0.808. The first-order chi connectivity index (χ1) is 8.65. The van der Waals surface area contributed by atoms with Crippen molar-refractivity contribution in [2.24, 2.45) is 17.3 Å². The van der Waals surface area contributed by atoms with Crippen molar-refractivity contribution >= 4 is 0 Å². The van der Waals surface area contributed by atoms with Gasteiger partial charge in [-0.1, -0.05) is 27.2 Å². The molecular weight excluding hydrogens is 222 g/mol. The van der Waals surface area contributed by atoms with Crippen LogP contribution in [-0.4, -0.2) is 25.8 Å². The highest BCUT2D eigenvalue weighted by Gasteiger charge is 2.42. The molecule has 2 unspecified atom stereocenters. The molecule has 0 spiro atoms. The van der Waals surface area contributed by atoms with Gasteiger partial charge in [-0.2, -0.15) is 0 Å². The molecule has 1 N–H and O–H groups in total. The molecule has 1 aliphatic carbocycles. The van der Waals surface area contributed by atoms with E-state index in [1.165, 1.54) is 45.1 Å². The van der Waals surface area contributed by atoms with Gasteiger partial charge in [-0.25, -0.2) is 0 Å². The fourth-order valence-electron chi connectivity index (χ4n) is 4.04. The van der Waals surface area contributed by atoms with Crippen LogP contribution in [0.5, 0.6) is 0 Å². The van der Waals surface area contributed by atoms with Crippen molar-refractivity contribution in [3.05, 3.63) is 0 Å². The zero-order chi connectivity index (χ0) is 13.0. The maximum Gasteiger partial charge on any atom is 0.0469 e. The van der Waals surface area contributed by atoms with E-state index in [-0.39, 0.29) is 0 Å². The topological polar surface area (TPSA) is 21.3 Å². The maximum absolute atomic E-state index is 5.54. The number of hydrogen-bond donors (Lipinski definition) is 1. The van der Waals surface area contributed by atoms with Gasteiger partial charge in [0.1, 0.15) is 0 Å². The van der Waals surface area contributed by atoms with Crippen molar-refractivity contribution in [1.29, 1.82) is 0 Å². The van der Waals surface area contributed by atoms with Gasteiger partial charge in [0.2, 0.25) is 0 Å². The average molecular weight is 253 g/mol. The second kappa shape index (κ2) is 6.38. The lowest BCUT2D eigenvalue weighted by atomic mass is 9.72. The predicted octanol–water partition coefficient (Wildman–Crippen LogP) is 3.61. The summed E-state index contributed by atoms with van der Waals surface area (Å²) in [6, 6.07) is 0.728. The Balaban J connectivity index is 2.03. The number of ether oxygens (including phenoxy) is 1. The molecule has 0 amide bonds. The van der Waals surface area contributed by atoms with Gasteiger partial charge >= 0.3 is 0 Å². The predicted molar refractivity (Wildman–Crippen MR) is 76.7 cm³/mol. The molecule has 0 bridgehead atoms. The van der Waals surface area contributed by atoms with Crippen LogP contribution in [0.25, 0.3) is 0 Å². The number of nitrogens with one attached hydrogen (secondary N) is 1. The first-order valence-electron chi connectivity index (χ1n) is 7.96. The van der Waals surface area contributed by atoms with Gasteiger partial charge in [-0.3, -0.25) is 0 Å². The Morgan fingerprint density at radius 2 is 1.94 bits per heavy atom. The molecule has 1 saturated carbocycles. The number of rotatable bonds is 5. The lowest BCUT2D eigenvalue weighted by molar-refractivity contribution is 0.0330. The summed E-state index contributed by atoms with van der Waals surface area (Å²) in [5.41, 5.74) is 0.531. The van der Waals surface area contributed by atoms with E-state index in [9.17, 15) is 0 Å². The van der Waals surface area contributed by atoms with Crippen LogP contribution in [0, 0.1) is 17.3 Å². The van der Waals surface area contributed by atoms with Crippen molar-refractivity contribution in [2.45, 2.75) is 65.3 Å². The van der Waals surface area contributed by atoms with E-state index in [0.717, 1.165) is 31.1 Å². The van der Waals surface area contributed by atoms with E-state index in [1.807, 2.05) is 0 Å². The summed E-state index contributed by atoms with van der Waals surface area (Å²) in [5, 5.41) is 3.88. The molecular formula is C16H31NO. The van der Waals surface area contributed by atoms with Gasteiger partial charge in [-0.05, 0) is 55.9 Å². The SMILES string of the molecule is CCCNC(C1CCOCC1)C1CCCC1(C)C. The van der Waals surface area contributed by atoms with Crippen LogP contribution in [0.15, 0.2) is 0 Å². The third kappa shape index (κ3) is 3.27. The van der Waals surface area contributed by atoms with Crippen LogP contribution in [-0.2, 0) is 4.74 Å². The highest BCUT2D eigenvalue weighted by molar-refractivity contribution is 4.95. The minimum atomic E-state index is 0.531. The lowest BCUT2D eigenvalue weighted by Gasteiger charge is -2.41. The van der Waals surface area contributed by atoms with Crippen molar-refractivity contribution < 1.29 is 4.74 Å². The Labute approximate surface area is 113 Å².